The summed E-state index contributed by atoms with van der Waals surface area (Å²) in [6, 6.07) is 18.3. The fourth-order valence-electron chi connectivity index (χ4n) is 2.67. The Morgan fingerprint density at radius 3 is 2.48 bits per heavy atom. The number of benzene rings is 2. The van der Waals surface area contributed by atoms with E-state index in [1.165, 1.54) is 18.4 Å². The van der Waals surface area contributed by atoms with Crippen LogP contribution in [-0.2, 0) is 6.54 Å². The van der Waals surface area contributed by atoms with Crippen LogP contribution in [0.25, 0.3) is 0 Å². The molecule has 3 nitrogen and oxygen atoms in total. The molecule has 0 bridgehead atoms. The lowest BCUT2D eigenvalue weighted by atomic mass is 10.2. The lowest BCUT2D eigenvalue weighted by Crippen LogP contribution is -2.36. The van der Waals surface area contributed by atoms with Gasteiger partial charge in [0.05, 0.1) is 5.02 Å². The van der Waals surface area contributed by atoms with Crippen LogP contribution in [0.5, 0.6) is 5.75 Å². The van der Waals surface area contributed by atoms with E-state index in [1.807, 2.05) is 24.3 Å². The van der Waals surface area contributed by atoms with E-state index in [1.54, 1.807) is 6.07 Å². The smallest absolute Gasteiger partial charge is 0.138 e. The Kier molecular flexibility index (Phi) is 5.55. The highest BCUT2D eigenvalue weighted by Gasteiger charge is 2.30. The van der Waals surface area contributed by atoms with Gasteiger partial charge in [-0.25, -0.2) is 0 Å². The van der Waals surface area contributed by atoms with Gasteiger partial charge in [0.25, 0.3) is 0 Å². The molecule has 0 aliphatic heterocycles. The van der Waals surface area contributed by atoms with Gasteiger partial charge in [0.15, 0.2) is 0 Å². The second-order valence-corrected chi connectivity index (χ2v) is 6.45. The molecule has 4 heteroatoms. The molecule has 1 atom stereocenters. The van der Waals surface area contributed by atoms with E-state index in [2.05, 4.69) is 29.2 Å². The van der Waals surface area contributed by atoms with Crippen LogP contribution >= 0.6 is 11.6 Å². The van der Waals surface area contributed by atoms with E-state index in [9.17, 15) is 5.11 Å². The third-order valence-corrected chi connectivity index (χ3v) is 4.32. The van der Waals surface area contributed by atoms with Crippen LogP contribution in [0.4, 0.5) is 0 Å². The van der Waals surface area contributed by atoms with Gasteiger partial charge in [-0.3, -0.25) is 4.90 Å². The third-order valence-electron chi connectivity index (χ3n) is 4.00. The van der Waals surface area contributed by atoms with Gasteiger partial charge in [0.2, 0.25) is 0 Å². The molecule has 23 heavy (non-hydrogen) atoms. The fraction of sp³-hybridized carbons (Fsp3) is 0.368. The van der Waals surface area contributed by atoms with Crippen LogP contribution < -0.4 is 4.74 Å². The highest BCUT2D eigenvalue weighted by molar-refractivity contribution is 6.32. The second-order valence-electron chi connectivity index (χ2n) is 6.04. The standard InChI is InChI=1S/C19H22ClNO2/c20-18-8-4-5-9-19(18)23-14-17(22)13-21(16-10-11-16)12-15-6-2-1-3-7-15/h1-9,16-17,22H,10-14H2. The van der Waals surface area contributed by atoms with Gasteiger partial charge in [-0.15, -0.1) is 0 Å². The summed E-state index contributed by atoms with van der Waals surface area (Å²) in [7, 11) is 0. The molecule has 1 aliphatic rings. The van der Waals surface area contributed by atoms with Crippen molar-refractivity contribution in [3.63, 3.8) is 0 Å². The van der Waals surface area contributed by atoms with Crippen molar-refractivity contribution in [2.45, 2.75) is 31.5 Å². The molecule has 1 saturated carbocycles. The maximum Gasteiger partial charge on any atom is 0.138 e. The van der Waals surface area contributed by atoms with E-state index < -0.39 is 6.10 Å². The number of nitrogens with zero attached hydrogens (tertiary/aromatic N) is 1. The van der Waals surface area contributed by atoms with Crippen molar-refractivity contribution in [3.05, 3.63) is 65.2 Å². The number of aliphatic hydroxyl groups is 1. The molecule has 2 aromatic carbocycles. The van der Waals surface area contributed by atoms with E-state index in [0.717, 1.165) is 6.54 Å². The molecule has 3 rings (SSSR count). The maximum atomic E-state index is 10.3. The van der Waals surface area contributed by atoms with E-state index >= 15 is 0 Å². The van der Waals surface area contributed by atoms with Crippen LogP contribution in [0, 0.1) is 0 Å². The molecule has 0 amide bonds. The number of ether oxygens (including phenoxy) is 1. The van der Waals surface area contributed by atoms with Crippen molar-refractivity contribution in [1.29, 1.82) is 0 Å². The molecule has 122 valence electrons. The zero-order valence-electron chi connectivity index (χ0n) is 13.1. The molecule has 0 saturated heterocycles. The lowest BCUT2D eigenvalue weighted by Gasteiger charge is -2.25. The Labute approximate surface area is 142 Å². The van der Waals surface area contributed by atoms with Crippen LogP contribution in [0.3, 0.4) is 0 Å². The van der Waals surface area contributed by atoms with Gasteiger partial charge >= 0.3 is 0 Å². The summed E-state index contributed by atoms with van der Waals surface area (Å²) >= 11 is 6.06. The van der Waals surface area contributed by atoms with Gasteiger partial charge < -0.3 is 9.84 Å². The van der Waals surface area contributed by atoms with Gasteiger partial charge in [-0.2, -0.15) is 0 Å². The van der Waals surface area contributed by atoms with Crippen molar-refractivity contribution in [2.75, 3.05) is 13.2 Å². The number of aliphatic hydroxyl groups excluding tert-OH is 1. The van der Waals surface area contributed by atoms with Gasteiger partial charge in [0.1, 0.15) is 18.5 Å². The Balaban J connectivity index is 1.52. The number of hydrogen-bond donors (Lipinski definition) is 1. The molecule has 1 N–H and O–H groups in total. The molecule has 1 fully saturated rings. The van der Waals surface area contributed by atoms with Crippen LogP contribution in [0.1, 0.15) is 18.4 Å². The quantitative estimate of drug-likeness (QED) is 0.799. The summed E-state index contributed by atoms with van der Waals surface area (Å²) in [4.78, 5) is 2.34. The fourth-order valence-corrected chi connectivity index (χ4v) is 2.86. The predicted octanol–water partition coefficient (Wildman–Crippen LogP) is 3.74. The molecule has 2 aromatic rings. The molecule has 0 aromatic heterocycles. The second kappa shape index (κ2) is 7.82. The van der Waals surface area contributed by atoms with Crippen molar-refractivity contribution in [2.24, 2.45) is 0 Å². The van der Waals surface area contributed by atoms with E-state index in [0.29, 0.717) is 23.4 Å². The lowest BCUT2D eigenvalue weighted by molar-refractivity contribution is 0.0627. The van der Waals surface area contributed by atoms with Gasteiger partial charge in [0, 0.05) is 19.1 Å². The topological polar surface area (TPSA) is 32.7 Å². The van der Waals surface area contributed by atoms with Crippen LogP contribution in [-0.4, -0.2) is 35.3 Å². The van der Waals surface area contributed by atoms with Crippen LogP contribution in [0.2, 0.25) is 5.02 Å². The molecule has 0 heterocycles. The monoisotopic (exact) mass is 331 g/mol. The summed E-state index contributed by atoms with van der Waals surface area (Å²) in [5.74, 6) is 0.620. The average Bonchev–Trinajstić information content (AvgIpc) is 3.39. The molecular formula is C19H22ClNO2. The summed E-state index contributed by atoms with van der Waals surface area (Å²) in [5.41, 5.74) is 1.28. The van der Waals surface area contributed by atoms with E-state index in [-0.39, 0.29) is 6.61 Å². The number of hydrogen-bond acceptors (Lipinski definition) is 3. The number of rotatable bonds is 8. The van der Waals surface area contributed by atoms with Crippen molar-refractivity contribution >= 4 is 11.6 Å². The average molecular weight is 332 g/mol. The van der Waals surface area contributed by atoms with Crippen molar-refractivity contribution in [1.82, 2.24) is 4.90 Å². The minimum atomic E-state index is -0.532. The van der Waals surface area contributed by atoms with Crippen molar-refractivity contribution < 1.29 is 9.84 Å². The molecule has 0 radical (unpaired) electrons. The van der Waals surface area contributed by atoms with Gasteiger partial charge in [-0.1, -0.05) is 54.1 Å². The first kappa shape index (κ1) is 16.3. The highest BCUT2D eigenvalue weighted by Crippen LogP contribution is 2.28. The number of halogens is 1. The predicted molar refractivity (Wildman–Crippen MR) is 92.8 cm³/mol. The SMILES string of the molecule is OC(COc1ccccc1Cl)CN(Cc1ccccc1)C1CC1. The zero-order chi connectivity index (χ0) is 16.1. The zero-order valence-corrected chi connectivity index (χ0v) is 13.8. The normalized spacial score (nSPS) is 15.6. The Hall–Kier alpha value is -1.55. The Morgan fingerprint density at radius 1 is 1.09 bits per heavy atom. The first-order valence-corrected chi connectivity index (χ1v) is 8.43. The van der Waals surface area contributed by atoms with Gasteiger partial charge in [-0.05, 0) is 30.5 Å². The highest BCUT2D eigenvalue weighted by atomic mass is 35.5. The minimum Gasteiger partial charge on any atom is -0.489 e. The summed E-state index contributed by atoms with van der Waals surface area (Å²) < 4.78 is 5.64. The summed E-state index contributed by atoms with van der Waals surface area (Å²) in [6.45, 7) is 1.74. The minimum absolute atomic E-state index is 0.252. The molecule has 0 spiro atoms. The first-order valence-electron chi connectivity index (χ1n) is 8.06. The Morgan fingerprint density at radius 2 is 1.78 bits per heavy atom. The summed E-state index contributed by atoms with van der Waals surface area (Å²) in [6.07, 6.45) is 1.89. The molecular weight excluding hydrogens is 310 g/mol. The van der Waals surface area contributed by atoms with Crippen molar-refractivity contribution in [3.8, 4) is 5.75 Å². The number of para-hydroxylation sites is 1. The van der Waals surface area contributed by atoms with E-state index in [4.69, 9.17) is 16.3 Å². The molecule has 1 aliphatic carbocycles. The largest absolute Gasteiger partial charge is 0.489 e. The molecule has 1 unspecified atom stereocenters. The first-order chi connectivity index (χ1) is 11.2. The Bertz CT molecular complexity index is 616. The third kappa shape index (κ3) is 4.96. The van der Waals surface area contributed by atoms with Crippen LogP contribution in [0.15, 0.2) is 54.6 Å². The maximum absolute atomic E-state index is 10.3. The summed E-state index contributed by atoms with van der Waals surface area (Å²) in [5, 5.41) is 10.9.